The summed E-state index contributed by atoms with van der Waals surface area (Å²) in [5.74, 6) is 1.48. The molecule has 1 N–H and O–H groups in total. The fourth-order valence-electron chi connectivity index (χ4n) is 3.28. The Morgan fingerprint density at radius 2 is 2.18 bits per heavy atom. The summed E-state index contributed by atoms with van der Waals surface area (Å²) in [6.07, 6.45) is 1.90. The van der Waals surface area contributed by atoms with Gasteiger partial charge in [-0.1, -0.05) is 6.07 Å². The summed E-state index contributed by atoms with van der Waals surface area (Å²) >= 11 is 0. The van der Waals surface area contributed by atoms with E-state index in [2.05, 4.69) is 18.0 Å². The first-order valence-corrected chi connectivity index (χ1v) is 6.27. The third kappa shape index (κ3) is 1.65. The minimum Gasteiger partial charge on any atom is -0.497 e. The summed E-state index contributed by atoms with van der Waals surface area (Å²) in [4.78, 5) is 2.29. The van der Waals surface area contributed by atoms with E-state index < -0.39 is 0 Å². The molecule has 1 aliphatic carbocycles. The Balaban J connectivity index is 2.06. The van der Waals surface area contributed by atoms with Gasteiger partial charge in [0.2, 0.25) is 0 Å². The van der Waals surface area contributed by atoms with Gasteiger partial charge in [-0.2, -0.15) is 0 Å². The molecule has 0 radical (unpaired) electrons. The van der Waals surface area contributed by atoms with Crippen molar-refractivity contribution in [1.29, 1.82) is 0 Å². The molecule has 3 unspecified atom stereocenters. The van der Waals surface area contributed by atoms with Crippen molar-refractivity contribution < 1.29 is 9.84 Å². The van der Waals surface area contributed by atoms with Crippen molar-refractivity contribution in [2.24, 2.45) is 0 Å². The first kappa shape index (κ1) is 11.1. The Morgan fingerprint density at radius 3 is 2.94 bits per heavy atom. The van der Waals surface area contributed by atoms with E-state index in [1.807, 2.05) is 12.1 Å². The van der Waals surface area contributed by atoms with Crippen molar-refractivity contribution in [3.8, 4) is 5.75 Å². The highest BCUT2D eigenvalue weighted by Gasteiger charge is 2.39. The highest BCUT2D eigenvalue weighted by atomic mass is 16.5. The van der Waals surface area contributed by atoms with Crippen LogP contribution < -0.4 is 4.74 Å². The van der Waals surface area contributed by atoms with Crippen LogP contribution in [-0.4, -0.2) is 36.8 Å². The van der Waals surface area contributed by atoms with Crippen LogP contribution in [-0.2, 0) is 0 Å². The number of hydrogen-bond acceptors (Lipinski definition) is 3. The molecule has 1 saturated heterocycles. The molecule has 1 aliphatic heterocycles. The number of piperidine rings is 1. The van der Waals surface area contributed by atoms with Gasteiger partial charge in [0.1, 0.15) is 5.75 Å². The molecule has 0 amide bonds. The lowest BCUT2D eigenvalue weighted by atomic mass is 9.74. The number of nitrogens with zero attached hydrogens (tertiary/aromatic N) is 1. The van der Waals surface area contributed by atoms with E-state index in [0.29, 0.717) is 5.92 Å². The molecule has 92 valence electrons. The predicted octanol–water partition coefficient (Wildman–Crippen LogP) is 1.92. The van der Waals surface area contributed by atoms with Crippen LogP contribution in [0.4, 0.5) is 0 Å². The van der Waals surface area contributed by atoms with Crippen molar-refractivity contribution in [2.75, 3.05) is 20.7 Å². The van der Waals surface area contributed by atoms with Gasteiger partial charge in [-0.3, -0.25) is 0 Å². The summed E-state index contributed by atoms with van der Waals surface area (Å²) < 4.78 is 5.28. The molecule has 1 aromatic carbocycles. The number of aliphatic hydroxyl groups is 1. The van der Waals surface area contributed by atoms with Crippen molar-refractivity contribution in [1.82, 2.24) is 4.90 Å². The molecule has 1 aromatic rings. The molecule has 2 bridgehead atoms. The topological polar surface area (TPSA) is 32.7 Å². The minimum absolute atomic E-state index is 0.287. The van der Waals surface area contributed by atoms with E-state index in [1.165, 1.54) is 12.0 Å². The molecule has 1 fully saturated rings. The van der Waals surface area contributed by atoms with Crippen molar-refractivity contribution >= 4 is 0 Å². The van der Waals surface area contributed by atoms with E-state index in [4.69, 9.17) is 4.74 Å². The summed E-state index contributed by atoms with van der Waals surface area (Å²) in [6.45, 7) is 1.07. The van der Waals surface area contributed by atoms with Gasteiger partial charge < -0.3 is 14.7 Å². The molecule has 1 heterocycles. The van der Waals surface area contributed by atoms with E-state index in [9.17, 15) is 5.11 Å². The number of likely N-dealkylation sites (N-methyl/N-ethyl adjacent to an activating group) is 1. The number of ether oxygens (including phenoxy) is 1. The first-order valence-electron chi connectivity index (χ1n) is 6.27. The molecular formula is C14H19NO2. The SMILES string of the molecule is COc1ccc2c(c1)C1CCN(C)C(C1)C2O. The lowest BCUT2D eigenvalue weighted by Gasteiger charge is -2.45. The largest absolute Gasteiger partial charge is 0.497 e. The quantitative estimate of drug-likeness (QED) is 0.804. The summed E-state index contributed by atoms with van der Waals surface area (Å²) in [6, 6.07) is 6.36. The highest BCUT2D eigenvalue weighted by Crippen LogP contribution is 2.45. The summed E-state index contributed by atoms with van der Waals surface area (Å²) in [7, 11) is 3.80. The third-order valence-corrected chi connectivity index (χ3v) is 4.34. The zero-order valence-electron chi connectivity index (χ0n) is 10.4. The maximum absolute atomic E-state index is 10.4. The Hall–Kier alpha value is -1.06. The van der Waals surface area contributed by atoms with Crippen molar-refractivity contribution in [2.45, 2.75) is 30.9 Å². The van der Waals surface area contributed by atoms with Crippen LogP contribution in [0.5, 0.6) is 5.75 Å². The van der Waals surface area contributed by atoms with Gasteiger partial charge in [-0.15, -0.1) is 0 Å². The molecule has 3 nitrogen and oxygen atoms in total. The van der Waals surface area contributed by atoms with Crippen LogP contribution in [0.3, 0.4) is 0 Å². The first-order chi connectivity index (χ1) is 8.20. The molecule has 0 saturated carbocycles. The van der Waals surface area contributed by atoms with E-state index in [-0.39, 0.29) is 12.1 Å². The summed E-state index contributed by atoms with van der Waals surface area (Å²) in [5, 5.41) is 10.4. The van der Waals surface area contributed by atoms with Gasteiger partial charge in [0.15, 0.2) is 0 Å². The molecule has 0 spiro atoms. The smallest absolute Gasteiger partial charge is 0.119 e. The van der Waals surface area contributed by atoms with Gasteiger partial charge >= 0.3 is 0 Å². The number of fused-ring (bicyclic) bond motifs is 4. The third-order valence-electron chi connectivity index (χ3n) is 4.34. The van der Waals surface area contributed by atoms with Crippen LogP contribution in [0, 0.1) is 0 Å². The lowest BCUT2D eigenvalue weighted by Crippen LogP contribution is -2.46. The van der Waals surface area contributed by atoms with Crippen LogP contribution in [0.1, 0.15) is 36.0 Å². The monoisotopic (exact) mass is 233 g/mol. The van der Waals surface area contributed by atoms with Crippen LogP contribution in [0.15, 0.2) is 18.2 Å². The van der Waals surface area contributed by atoms with Gasteiger partial charge in [0.25, 0.3) is 0 Å². The highest BCUT2D eigenvalue weighted by molar-refractivity contribution is 5.42. The normalized spacial score (nSPS) is 32.1. The maximum atomic E-state index is 10.4. The van der Waals surface area contributed by atoms with Crippen LogP contribution >= 0.6 is 0 Å². The lowest BCUT2D eigenvalue weighted by molar-refractivity contribution is 0.0212. The van der Waals surface area contributed by atoms with Gasteiger partial charge in [0, 0.05) is 6.04 Å². The number of likely N-dealkylation sites (tertiary alicyclic amines) is 1. The Labute approximate surface area is 102 Å². The average molecular weight is 233 g/mol. The second-order valence-corrected chi connectivity index (χ2v) is 5.21. The van der Waals surface area contributed by atoms with E-state index >= 15 is 0 Å². The molecule has 0 aromatic heterocycles. The predicted molar refractivity (Wildman–Crippen MR) is 66.3 cm³/mol. The average Bonchev–Trinajstić information content (AvgIpc) is 2.37. The minimum atomic E-state index is -0.350. The summed E-state index contributed by atoms with van der Waals surface area (Å²) in [5.41, 5.74) is 2.39. The molecule has 17 heavy (non-hydrogen) atoms. The van der Waals surface area contributed by atoms with E-state index in [1.54, 1.807) is 7.11 Å². The number of rotatable bonds is 1. The molecule has 3 atom stereocenters. The zero-order valence-corrected chi connectivity index (χ0v) is 10.4. The van der Waals surface area contributed by atoms with Gasteiger partial charge in [-0.05, 0) is 55.6 Å². The zero-order chi connectivity index (χ0) is 12.0. The molecule has 3 rings (SSSR count). The molecular weight excluding hydrogens is 214 g/mol. The van der Waals surface area contributed by atoms with E-state index in [0.717, 1.165) is 24.3 Å². The number of benzene rings is 1. The second-order valence-electron chi connectivity index (χ2n) is 5.21. The Bertz CT molecular complexity index is 432. The van der Waals surface area contributed by atoms with Crippen molar-refractivity contribution in [3.05, 3.63) is 29.3 Å². The van der Waals surface area contributed by atoms with Crippen LogP contribution in [0.2, 0.25) is 0 Å². The Kier molecular flexibility index (Phi) is 2.60. The number of methoxy groups -OCH3 is 1. The number of aliphatic hydroxyl groups excluding tert-OH is 1. The fraction of sp³-hybridized carbons (Fsp3) is 0.571. The van der Waals surface area contributed by atoms with Crippen molar-refractivity contribution in [3.63, 3.8) is 0 Å². The maximum Gasteiger partial charge on any atom is 0.119 e. The fourth-order valence-corrected chi connectivity index (χ4v) is 3.28. The molecule has 3 heteroatoms. The van der Waals surface area contributed by atoms with Gasteiger partial charge in [0.05, 0.1) is 13.2 Å². The second kappa shape index (κ2) is 4.00. The number of hydrogen-bond donors (Lipinski definition) is 1. The standard InChI is InChI=1S/C14H19NO2/c1-15-6-5-9-7-13(15)14(16)11-4-3-10(17-2)8-12(9)11/h3-4,8-9,13-14,16H,5-7H2,1-2H3. The van der Waals surface area contributed by atoms with Crippen LogP contribution in [0.25, 0.3) is 0 Å². The molecule has 2 aliphatic rings. The Morgan fingerprint density at radius 1 is 1.35 bits per heavy atom. The van der Waals surface area contributed by atoms with Gasteiger partial charge in [-0.25, -0.2) is 0 Å².